The molecule has 0 saturated heterocycles. The largest absolute Gasteiger partial charge is 0.465 e. The summed E-state index contributed by atoms with van der Waals surface area (Å²) in [6.45, 7) is 0. The maximum absolute atomic E-state index is 11.9. The molecule has 0 heterocycles. The lowest BCUT2D eigenvalue weighted by atomic mass is 10.0. The summed E-state index contributed by atoms with van der Waals surface area (Å²) >= 11 is 1.38. The molecule has 0 radical (unpaired) electrons. The van der Waals surface area contributed by atoms with Crippen LogP contribution >= 0.6 is 11.8 Å². The van der Waals surface area contributed by atoms with Gasteiger partial charge in [-0.1, -0.05) is 60.3 Å². The summed E-state index contributed by atoms with van der Waals surface area (Å²) in [6, 6.07) is 22.8. The van der Waals surface area contributed by atoms with E-state index >= 15 is 0 Å². The van der Waals surface area contributed by atoms with Gasteiger partial charge in [0.15, 0.2) is 6.29 Å². The van der Waals surface area contributed by atoms with Crippen LogP contribution in [0.25, 0.3) is 11.1 Å². The molecular formula is C21H16O3S. The zero-order chi connectivity index (χ0) is 17.6. The monoisotopic (exact) mass is 348 g/mol. The van der Waals surface area contributed by atoms with Crippen molar-refractivity contribution in [2.24, 2.45) is 0 Å². The standard InChI is InChI=1S/C21H16O3S/c1-24-21(23)18-9-5-6-10-20(18)25-19-12-11-16(13-17(19)14-22)15-7-3-2-4-8-15/h2-14H,1H3. The van der Waals surface area contributed by atoms with Gasteiger partial charge in [-0.2, -0.15) is 0 Å². The summed E-state index contributed by atoms with van der Waals surface area (Å²) in [5, 5.41) is 0. The molecule has 0 aliphatic carbocycles. The van der Waals surface area contributed by atoms with Crippen LogP contribution in [0.2, 0.25) is 0 Å². The van der Waals surface area contributed by atoms with Crippen LogP contribution in [0.5, 0.6) is 0 Å². The Morgan fingerprint density at radius 1 is 0.880 bits per heavy atom. The molecule has 3 aromatic rings. The van der Waals surface area contributed by atoms with Crippen LogP contribution in [0.4, 0.5) is 0 Å². The Labute approximate surface area is 150 Å². The topological polar surface area (TPSA) is 43.4 Å². The molecule has 0 N–H and O–H groups in total. The smallest absolute Gasteiger partial charge is 0.339 e. The zero-order valence-electron chi connectivity index (χ0n) is 13.6. The molecule has 0 fully saturated rings. The van der Waals surface area contributed by atoms with Gasteiger partial charge in [0.05, 0.1) is 12.7 Å². The van der Waals surface area contributed by atoms with Gasteiger partial charge in [0, 0.05) is 15.4 Å². The second-order valence-corrected chi connectivity index (χ2v) is 6.41. The van der Waals surface area contributed by atoms with E-state index in [0.29, 0.717) is 11.1 Å². The number of carbonyl (C=O) groups is 2. The fourth-order valence-corrected chi connectivity index (χ4v) is 3.50. The van der Waals surface area contributed by atoms with Crippen molar-refractivity contribution in [3.8, 4) is 11.1 Å². The third-order valence-corrected chi connectivity index (χ3v) is 4.92. The van der Waals surface area contributed by atoms with Crippen molar-refractivity contribution in [2.45, 2.75) is 9.79 Å². The highest BCUT2D eigenvalue weighted by Crippen LogP contribution is 2.34. The third-order valence-electron chi connectivity index (χ3n) is 3.76. The molecule has 0 amide bonds. The number of esters is 1. The first kappa shape index (κ1) is 17.0. The van der Waals surface area contributed by atoms with Crippen molar-refractivity contribution in [2.75, 3.05) is 7.11 Å². The number of carbonyl (C=O) groups excluding carboxylic acids is 2. The van der Waals surface area contributed by atoms with Gasteiger partial charge in [-0.15, -0.1) is 0 Å². The SMILES string of the molecule is COC(=O)c1ccccc1Sc1ccc(-c2ccccc2)cc1C=O. The van der Waals surface area contributed by atoms with Crippen LogP contribution in [0.1, 0.15) is 20.7 Å². The first-order valence-corrected chi connectivity index (χ1v) is 8.54. The van der Waals surface area contributed by atoms with E-state index in [1.165, 1.54) is 18.9 Å². The molecular weight excluding hydrogens is 332 g/mol. The van der Waals surface area contributed by atoms with E-state index in [2.05, 4.69) is 0 Å². The van der Waals surface area contributed by atoms with E-state index in [0.717, 1.165) is 27.2 Å². The maximum atomic E-state index is 11.9. The highest BCUT2D eigenvalue weighted by Gasteiger charge is 2.14. The second kappa shape index (κ2) is 7.81. The van der Waals surface area contributed by atoms with Crippen LogP contribution in [0, 0.1) is 0 Å². The first-order valence-electron chi connectivity index (χ1n) is 7.73. The Bertz CT molecular complexity index is 904. The van der Waals surface area contributed by atoms with Crippen LogP contribution in [0.3, 0.4) is 0 Å². The van der Waals surface area contributed by atoms with Crippen molar-refractivity contribution in [1.29, 1.82) is 0 Å². The molecule has 0 bridgehead atoms. The van der Waals surface area contributed by atoms with E-state index in [1.54, 1.807) is 12.1 Å². The molecule has 3 nitrogen and oxygen atoms in total. The van der Waals surface area contributed by atoms with E-state index < -0.39 is 5.97 Å². The van der Waals surface area contributed by atoms with Crippen LogP contribution in [-0.4, -0.2) is 19.4 Å². The molecule has 0 aliphatic heterocycles. The van der Waals surface area contributed by atoms with Gasteiger partial charge in [0.25, 0.3) is 0 Å². The normalized spacial score (nSPS) is 10.3. The molecule has 124 valence electrons. The summed E-state index contributed by atoms with van der Waals surface area (Å²) in [5.74, 6) is -0.392. The minimum absolute atomic E-state index is 0.392. The quantitative estimate of drug-likeness (QED) is 0.475. The van der Waals surface area contributed by atoms with E-state index in [9.17, 15) is 9.59 Å². The number of hydrogen-bond donors (Lipinski definition) is 0. The van der Waals surface area contributed by atoms with E-state index in [4.69, 9.17) is 4.74 Å². The second-order valence-electron chi connectivity index (χ2n) is 5.33. The molecule has 3 rings (SSSR count). The molecule has 0 atom stereocenters. The van der Waals surface area contributed by atoms with E-state index in [1.807, 2.05) is 60.7 Å². The summed E-state index contributed by atoms with van der Waals surface area (Å²) in [6.07, 6.45) is 0.843. The molecule has 0 saturated carbocycles. The molecule has 0 unspecified atom stereocenters. The number of methoxy groups -OCH3 is 1. The Morgan fingerprint density at radius 2 is 1.60 bits per heavy atom. The van der Waals surface area contributed by atoms with Crippen molar-refractivity contribution in [3.05, 3.63) is 83.9 Å². The van der Waals surface area contributed by atoms with Crippen molar-refractivity contribution in [3.63, 3.8) is 0 Å². The molecule has 0 spiro atoms. The lowest BCUT2D eigenvalue weighted by Crippen LogP contribution is -2.02. The Morgan fingerprint density at radius 3 is 2.32 bits per heavy atom. The van der Waals surface area contributed by atoms with Crippen molar-refractivity contribution >= 4 is 24.0 Å². The lowest BCUT2D eigenvalue weighted by molar-refractivity contribution is 0.0596. The predicted octanol–water partition coefficient (Wildman–Crippen LogP) is 5.10. The van der Waals surface area contributed by atoms with Crippen molar-refractivity contribution in [1.82, 2.24) is 0 Å². The minimum atomic E-state index is -0.392. The van der Waals surface area contributed by atoms with Gasteiger partial charge >= 0.3 is 5.97 Å². The number of hydrogen-bond acceptors (Lipinski definition) is 4. The number of rotatable bonds is 5. The number of aldehydes is 1. The van der Waals surface area contributed by atoms with Gasteiger partial charge < -0.3 is 4.74 Å². The summed E-state index contributed by atoms with van der Waals surface area (Å²) < 4.78 is 4.83. The predicted molar refractivity (Wildman–Crippen MR) is 99.2 cm³/mol. The van der Waals surface area contributed by atoms with Crippen LogP contribution in [0.15, 0.2) is 82.6 Å². The Kier molecular flexibility index (Phi) is 5.31. The summed E-state index contributed by atoms with van der Waals surface area (Å²) in [4.78, 5) is 25.0. The number of ether oxygens (including phenoxy) is 1. The van der Waals surface area contributed by atoms with Gasteiger partial charge in [0.2, 0.25) is 0 Å². The minimum Gasteiger partial charge on any atom is -0.465 e. The lowest BCUT2D eigenvalue weighted by Gasteiger charge is -2.10. The van der Waals surface area contributed by atoms with Crippen molar-refractivity contribution < 1.29 is 14.3 Å². The molecule has 0 aliphatic rings. The van der Waals surface area contributed by atoms with Gasteiger partial charge in [0.1, 0.15) is 0 Å². The highest BCUT2D eigenvalue weighted by molar-refractivity contribution is 7.99. The van der Waals surface area contributed by atoms with Crippen LogP contribution < -0.4 is 0 Å². The number of benzene rings is 3. The Balaban J connectivity index is 1.97. The average Bonchev–Trinajstić information content (AvgIpc) is 2.68. The summed E-state index contributed by atoms with van der Waals surface area (Å²) in [5.41, 5.74) is 3.11. The fourth-order valence-electron chi connectivity index (χ4n) is 2.50. The molecule has 3 aromatic carbocycles. The zero-order valence-corrected chi connectivity index (χ0v) is 14.5. The molecule has 25 heavy (non-hydrogen) atoms. The maximum Gasteiger partial charge on any atom is 0.339 e. The highest BCUT2D eigenvalue weighted by atomic mass is 32.2. The molecule has 4 heteroatoms. The average molecular weight is 348 g/mol. The van der Waals surface area contributed by atoms with Gasteiger partial charge in [-0.25, -0.2) is 4.79 Å². The Hall–Kier alpha value is -2.85. The van der Waals surface area contributed by atoms with Gasteiger partial charge in [-0.05, 0) is 35.4 Å². The summed E-state index contributed by atoms with van der Waals surface area (Å²) in [7, 11) is 1.36. The third kappa shape index (κ3) is 3.80. The fraction of sp³-hybridized carbons (Fsp3) is 0.0476. The first-order chi connectivity index (χ1) is 12.2. The molecule has 0 aromatic heterocycles. The van der Waals surface area contributed by atoms with E-state index in [-0.39, 0.29) is 0 Å². The van der Waals surface area contributed by atoms with Crippen LogP contribution in [-0.2, 0) is 4.74 Å². The van der Waals surface area contributed by atoms with Gasteiger partial charge in [-0.3, -0.25) is 4.79 Å².